The van der Waals surface area contributed by atoms with Crippen molar-refractivity contribution in [3.63, 3.8) is 0 Å². The van der Waals surface area contributed by atoms with E-state index >= 15 is 0 Å². The summed E-state index contributed by atoms with van der Waals surface area (Å²) < 4.78 is 18.8. The average molecular weight is 401 g/mol. The highest BCUT2D eigenvalue weighted by atomic mass is 79.9. The Bertz CT molecular complexity index is 669. The maximum absolute atomic E-state index is 13.5. The zero-order chi connectivity index (χ0) is 18.3. The molecule has 24 heavy (non-hydrogen) atoms. The van der Waals surface area contributed by atoms with Gasteiger partial charge in [0.05, 0.1) is 0 Å². The number of halogens is 2. The number of carbonyl (C=O) groups excluding carboxylic acids is 3. The monoisotopic (exact) mass is 400 g/mol. The van der Waals surface area contributed by atoms with Gasteiger partial charge in [-0.1, -0.05) is 15.9 Å². The molecule has 0 aromatic heterocycles. The van der Waals surface area contributed by atoms with Crippen LogP contribution in [0.5, 0.6) is 0 Å². The molecule has 0 aliphatic heterocycles. The third kappa shape index (κ3) is 7.87. The molecule has 6 nitrogen and oxygen atoms in total. The zero-order valence-corrected chi connectivity index (χ0v) is 15.1. The van der Waals surface area contributed by atoms with Crippen LogP contribution in [0.25, 0.3) is 6.08 Å². The first-order valence-electron chi connectivity index (χ1n) is 6.99. The van der Waals surface area contributed by atoms with E-state index in [-0.39, 0.29) is 5.56 Å². The number of carbonyl (C=O) groups is 3. The maximum atomic E-state index is 13.5. The van der Waals surface area contributed by atoms with Crippen molar-refractivity contribution >= 4 is 39.9 Å². The van der Waals surface area contributed by atoms with E-state index in [9.17, 15) is 18.8 Å². The Morgan fingerprint density at radius 1 is 1.29 bits per heavy atom. The third-order valence-corrected chi connectivity index (χ3v) is 2.94. The fraction of sp³-hybridized carbons (Fsp3) is 0.312. The Balaban J connectivity index is 2.46. The number of benzene rings is 1. The van der Waals surface area contributed by atoms with Crippen LogP contribution in [0.4, 0.5) is 9.18 Å². The van der Waals surface area contributed by atoms with E-state index in [2.05, 4.69) is 26.0 Å². The van der Waals surface area contributed by atoms with Gasteiger partial charge in [0.2, 0.25) is 0 Å². The normalized spacial score (nSPS) is 11.2. The number of rotatable bonds is 4. The molecule has 1 rings (SSSR count). The van der Waals surface area contributed by atoms with E-state index in [1.54, 1.807) is 20.8 Å². The lowest BCUT2D eigenvalue weighted by Gasteiger charge is -2.20. The van der Waals surface area contributed by atoms with Crippen molar-refractivity contribution in [2.75, 3.05) is 6.61 Å². The molecule has 0 atom stereocenters. The van der Waals surface area contributed by atoms with Gasteiger partial charge in [-0.05, 0) is 45.0 Å². The van der Waals surface area contributed by atoms with Gasteiger partial charge in [-0.15, -0.1) is 0 Å². The number of urea groups is 1. The predicted octanol–water partition coefficient (Wildman–Crippen LogP) is 2.77. The first kappa shape index (κ1) is 19.8. The molecule has 1 aromatic rings. The minimum atomic E-state index is -0.833. The van der Waals surface area contributed by atoms with Crippen molar-refractivity contribution in [1.29, 1.82) is 0 Å². The van der Waals surface area contributed by atoms with Crippen LogP contribution in [0, 0.1) is 5.82 Å². The first-order valence-corrected chi connectivity index (χ1v) is 7.78. The average Bonchev–Trinajstić information content (AvgIpc) is 2.44. The minimum Gasteiger partial charge on any atom is -0.452 e. The van der Waals surface area contributed by atoms with Gasteiger partial charge in [0.15, 0.2) is 6.61 Å². The molecule has 3 amide bonds. The van der Waals surface area contributed by atoms with Gasteiger partial charge in [0, 0.05) is 21.7 Å². The molecule has 0 saturated carbocycles. The molecule has 0 heterocycles. The molecule has 0 aliphatic rings. The summed E-state index contributed by atoms with van der Waals surface area (Å²) in [5, 5.41) is 4.55. The summed E-state index contributed by atoms with van der Waals surface area (Å²) in [7, 11) is 0. The number of amides is 3. The smallest absolute Gasteiger partial charge is 0.331 e. The van der Waals surface area contributed by atoms with E-state index in [1.165, 1.54) is 24.3 Å². The fourth-order valence-corrected chi connectivity index (χ4v) is 1.90. The first-order chi connectivity index (χ1) is 11.1. The lowest BCUT2D eigenvalue weighted by Crippen LogP contribution is -2.49. The van der Waals surface area contributed by atoms with Crippen molar-refractivity contribution < 1.29 is 23.5 Å². The number of ether oxygens (including phenoxy) is 1. The van der Waals surface area contributed by atoms with Gasteiger partial charge in [-0.3, -0.25) is 10.1 Å². The summed E-state index contributed by atoms with van der Waals surface area (Å²) in [5.41, 5.74) is -0.312. The molecule has 1 aromatic carbocycles. The van der Waals surface area contributed by atoms with Crippen LogP contribution in [0.2, 0.25) is 0 Å². The summed E-state index contributed by atoms with van der Waals surface area (Å²) >= 11 is 3.19. The highest BCUT2D eigenvalue weighted by molar-refractivity contribution is 9.10. The number of hydrogen-bond donors (Lipinski definition) is 2. The molecule has 0 unspecified atom stereocenters. The molecule has 2 N–H and O–H groups in total. The number of nitrogens with one attached hydrogen (secondary N) is 2. The Hall–Kier alpha value is -2.22. The van der Waals surface area contributed by atoms with Crippen LogP contribution in [0.1, 0.15) is 26.3 Å². The molecule has 0 aliphatic carbocycles. The summed E-state index contributed by atoms with van der Waals surface area (Å²) in [6.45, 7) is 4.64. The van der Waals surface area contributed by atoms with Crippen molar-refractivity contribution in [2.24, 2.45) is 0 Å². The van der Waals surface area contributed by atoms with E-state index in [0.717, 1.165) is 6.08 Å². The van der Waals surface area contributed by atoms with Crippen molar-refractivity contribution in [1.82, 2.24) is 10.6 Å². The predicted molar refractivity (Wildman–Crippen MR) is 90.5 cm³/mol. The van der Waals surface area contributed by atoms with Gasteiger partial charge in [0.1, 0.15) is 5.82 Å². The second-order valence-corrected chi connectivity index (χ2v) is 6.77. The van der Waals surface area contributed by atoms with Crippen LogP contribution in [0.3, 0.4) is 0 Å². The molecule has 8 heteroatoms. The van der Waals surface area contributed by atoms with Crippen LogP contribution in [-0.2, 0) is 14.3 Å². The third-order valence-electron chi connectivity index (χ3n) is 2.44. The van der Waals surface area contributed by atoms with Crippen LogP contribution < -0.4 is 10.6 Å². The summed E-state index contributed by atoms with van der Waals surface area (Å²) in [6, 6.07) is 3.58. The fourth-order valence-electron chi connectivity index (χ4n) is 1.52. The van der Waals surface area contributed by atoms with Gasteiger partial charge in [-0.2, -0.15) is 0 Å². The van der Waals surface area contributed by atoms with E-state index < -0.39 is 35.9 Å². The number of hydrogen-bond acceptors (Lipinski definition) is 4. The Kier molecular flexibility index (Phi) is 7.09. The largest absolute Gasteiger partial charge is 0.452 e. The van der Waals surface area contributed by atoms with Crippen LogP contribution in [-0.4, -0.2) is 30.1 Å². The lowest BCUT2D eigenvalue weighted by atomic mass is 10.1. The van der Waals surface area contributed by atoms with Crippen LogP contribution in [0.15, 0.2) is 28.7 Å². The summed E-state index contributed by atoms with van der Waals surface area (Å²) in [6.07, 6.45) is 2.22. The highest BCUT2D eigenvalue weighted by Gasteiger charge is 2.16. The van der Waals surface area contributed by atoms with Crippen molar-refractivity contribution in [3.05, 3.63) is 40.1 Å². The molecular formula is C16H18BrFN2O4. The standard InChI is InChI=1S/C16H18BrFN2O4/c1-16(2,3)20-15(23)19-13(21)9-24-14(22)7-4-10-8-11(17)5-6-12(10)18/h4-8H,9H2,1-3H3,(H2,19,20,21,23)/b7-4+. The molecule has 0 fully saturated rings. The van der Waals surface area contributed by atoms with Crippen molar-refractivity contribution in [2.45, 2.75) is 26.3 Å². The SMILES string of the molecule is CC(C)(C)NC(=O)NC(=O)COC(=O)/C=C/c1cc(Br)ccc1F. The van der Waals surface area contributed by atoms with Gasteiger partial charge in [-0.25, -0.2) is 14.0 Å². The lowest BCUT2D eigenvalue weighted by molar-refractivity contribution is -0.143. The molecular weight excluding hydrogens is 383 g/mol. The molecule has 130 valence electrons. The summed E-state index contributed by atoms with van der Waals surface area (Å²) in [4.78, 5) is 34.4. The molecule has 0 bridgehead atoms. The van der Waals surface area contributed by atoms with E-state index in [4.69, 9.17) is 0 Å². The Morgan fingerprint density at radius 3 is 2.58 bits per heavy atom. The van der Waals surface area contributed by atoms with E-state index in [0.29, 0.717) is 4.47 Å². The van der Waals surface area contributed by atoms with E-state index in [1.807, 2.05) is 5.32 Å². The van der Waals surface area contributed by atoms with Gasteiger partial charge < -0.3 is 10.1 Å². The highest BCUT2D eigenvalue weighted by Crippen LogP contribution is 2.16. The maximum Gasteiger partial charge on any atom is 0.331 e. The summed E-state index contributed by atoms with van der Waals surface area (Å²) in [5.74, 6) is -2.10. The minimum absolute atomic E-state index is 0.190. The van der Waals surface area contributed by atoms with Crippen LogP contribution >= 0.6 is 15.9 Å². The zero-order valence-electron chi connectivity index (χ0n) is 13.5. The molecule has 0 saturated heterocycles. The van der Waals surface area contributed by atoms with Crippen molar-refractivity contribution in [3.8, 4) is 0 Å². The Labute approximate surface area is 147 Å². The number of esters is 1. The number of imide groups is 1. The molecule has 0 radical (unpaired) electrons. The van der Waals surface area contributed by atoms with Gasteiger partial charge >= 0.3 is 12.0 Å². The van der Waals surface area contributed by atoms with Gasteiger partial charge in [0.25, 0.3) is 5.91 Å². The molecule has 0 spiro atoms. The Morgan fingerprint density at radius 2 is 1.96 bits per heavy atom. The second-order valence-electron chi connectivity index (χ2n) is 5.86. The topological polar surface area (TPSA) is 84.5 Å². The quantitative estimate of drug-likeness (QED) is 0.600. The second kappa shape index (κ2) is 8.58.